The molecule has 5 nitrogen and oxygen atoms in total. The van der Waals surface area contributed by atoms with Gasteiger partial charge in [0.15, 0.2) is 0 Å². The van der Waals surface area contributed by atoms with Crippen LogP contribution in [0.5, 0.6) is 0 Å². The lowest BCUT2D eigenvalue weighted by Crippen LogP contribution is -2.22. The van der Waals surface area contributed by atoms with Crippen LogP contribution < -0.4 is 10.5 Å². The van der Waals surface area contributed by atoms with Crippen LogP contribution in [0.25, 0.3) is 0 Å². The number of hydrogen-bond donors (Lipinski definition) is 2. The van der Waals surface area contributed by atoms with Gasteiger partial charge in [-0.3, -0.25) is 0 Å². The summed E-state index contributed by atoms with van der Waals surface area (Å²) in [6.07, 6.45) is 3.91. The number of sulfonamides is 1. The van der Waals surface area contributed by atoms with Crippen molar-refractivity contribution in [3.05, 3.63) is 40.3 Å². The Hall–Kier alpha value is -1.15. The maximum atomic E-state index is 12.3. The van der Waals surface area contributed by atoms with Crippen molar-refractivity contribution in [2.45, 2.75) is 36.9 Å². The maximum absolute atomic E-state index is 12.3. The molecule has 20 heavy (non-hydrogen) atoms. The quantitative estimate of drug-likeness (QED) is 0.854. The molecular formula is C13H17N3O2S2. The fraction of sp³-hybridized carbons (Fsp3) is 0.385. The highest BCUT2D eigenvalue weighted by atomic mass is 32.2. The Morgan fingerprint density at radius 2 is 2.25 bits per heavy atom. The summed E-state index contributed by atoms with van der Waals surface area (Å²) in [6.45, 7) is 0.684. The molecular weight excluding hydrogens is 294 g/mol. The molecule has 2 heterocycles. The van der Waals surface area contributed by atoms with E-state index in [-0.39, 0.29) is 0 Å². The highest BCUT2D eigenvalue weighted by molar-refractivity contribution is 7.89. The second kappa shape index (κ2) is 5.33. The minimum absolute atomic E-state index is 0.307. The number of thiophene rings is 1. The van der Waals surface area contributed by atoms with Gasteiger partial charge in [0.25, 0.3) is 0 Å². The van der Waals surface area contributed by atoms with Gasteiger partial charge in [-0.25, -0.2) is 13.1 Å². The highest BCUT2D eigenvalue weighted by Gasteiger charge is 2.27. The van der Waals surface area contributed by atoms with Gasteiger partial charge in [0, 0.05) is 35.9 Å². The first-order chi connectivity index (χ1) is 9.60. The van der Waals surface area contributed by atoms with Gasteiger partial charge in [-0.15, -0.1) is 11.3 Å². The zero-order valence-corrected chi connectivity index (χ0v) is 12.6. The van der Waals surface area contributed by atoms with Crippen molar-refractivity contribution in [1.82, 2.24) is 9.29 Å². The lowest BCUT2D eigenvalue weighted by molar-refractivity contribution is 0.581. The fourth-order valence-corrected chi connectivity index (χ4v) is 3.95. The SMILES string of the molecule is NCc1cc(S(=O)(=O)NCc2cccs2)cn1C1CC1. The van der Waals surface area contributed by atoms with E-state index in [0.29, 0.717) is 24.0 Å². The first-order valence-corrected chi connectivity index (χ1v) is 8.89. The molecule has 108 valence electrons. The van der Waals surface area contributed by atoms with E-state index in [0.717, 1.165) is 23.4 Å². The Labute approximate surface area is 122 Å². The average Bonchev–Trinajstić information content (AvgIpc) is 2.98. The Kier molecular flexibility index (Phi) is 3.68. The van der Waals surface area contributed by atoms with Crippen LogP contribution in [0.1, 0.15) is 29.5 Å². The first-order valence-electron chi connectivity index (χ1n) is 6.53. The van der Waals surface area contributed by atoms with Gasteiger partial charge in [-0.1, -0.05) is 6.07 Å². The van der Waals surface area contributed by atoms with Gasteiger partial charge in [0.1, 0.15) is 0 Å². The van der Waals surface area contributed by atoms with Crippen LogP contribution >= 0.6 is 11.3 Å². The monoisotopic (exact) mass is 311 g/mol. The number of aromatic nitrogens is 1. The zero-order chi connectivity index (χ0) is 14.2. The summed E-state index contributed by atoms with van der Waals surface area (Å²) in [7, 11) is -3.47. The third-order valence-corrected chi connectivity index (χ3v) is 5.63. The minimum atomic E-state index is -3.47. The van der Waals surface area contributed by atoms with Gasteiger partial charge in [-0.05, 0) is 30.4 Å². The van der Waals surface area contributed by atoms with Crippen molar-refractivity contribution < 1.29 is 8.42 Å². The highest BCUT2D eigenvalue weighted by Crippen LogP contribution is 2.37. The summed E-state index contributed by atoms with van der Waals surface area (Å²) in [6, 6.07) is 5.92. The Balaban J connectivity index is 1.79. The van der Waals surface area contributed by atoms with Crippen molar-refractivity contribution in [2.24, 2.45) is 5.73 Å². The molecule has 1 fully saturated rings. The fourth-order valence-electron chi connectivity index (χ4n) is 2.16. The molecule has 0 unspecified atom stereocenters. The number of nitrogens with one attached hydrogen (secondary N) is 1. The molecule has 0 bridgehead atoms. The summed E-state index contributed by atoms with van der Waals surface area (Å²) in [5.41, 5.74) is 6.57. The van der Waals surface area contributed by atoms with Crippen LogP contribution in [0.2, 0.25) is 0 Å². The molecule has 1 saturated carbocycles. The predicted molar refractivity (Wildman–Crippen MR) is 78.9 cm³/mol. The summed E-state index contributed by atoms with van der Waals surface area (Å²) in [5, 5.41) is 1.93. The van der Waals surface area contributed by atoms with Crippen molar-refractivity contribution in [2.75, 3.05) is 0 Å². The predicted octanol–water partition coefficient (Wildman–Crippen LogP) is 1.82. The first kappa shape index (κ1) is 13.8. The van der Waals surface area contributed by atoms with Gasteiger partial charge in [0.05, 0.1) is 4.90 Å². The van der Waals surface area contributed by atoms with Crippen LogP contribution in [0.3, 0.4) is 0 Å². The van der Waals surface area contributed by atoms with E-state index in [9.17, 15) is 8.42 Å². The van der Waals surface area contributed by atoms with Crippen LogP contribution in [-0.4, -0.2) is 13.0 Å². The summed E-state index contributed by atoms with van der Waals surface area (Å²) in [4.78, 5) is 1.30. The van der Waals surface area contributed by atoms with Gasteiger partial charge >= 0.3 is 0 Å². The summed E-state index contributed by atoms with van der Waals surface area (Å²) in [5.74, 6) is 0. The number of rotatable bonds is 6. The van der Waals surface area contributed by atoms with Crippen molar-refractivity contribution >= 4 is 21.4 Å². The molecule has 0 aromatic carbocycles. The molecule has 0 atom stereocenters. The van der Waals surface area contributed by atoms with E-state index in [1.54, 1.807) is 12.3 Å². The number of nitrogens with two attached hydrogens (primary N) is 1. The molecule has 7 heteroatoms. The molecule has 0 spiro atoms. The second-order valence-corrected chi connectivity index (χ2v) is 7.71. The minimum Gasteiger partial charge on any atom is -0.346 e. The maximum Gasteiger partial charge on any atom is 0.242 e. The zero-order valence-electron chi connectivity index (χ0n) is 11.0. The molecule has 3 rings (SSSR count). The van der Waals surface area contributed by atoms with Crippen molar-refractivity contribution in [3.8, 4) is 0 Å². The van der Waals surface area contributed by atoms with E-state index in [1.807, 2.05) is 22.1 Å². The normalized spacial score (nSPS) is 15.7. The molecule has 1 aliphatic carbocycles. The Bertz CT molecular complexity index is 685. The smallest absolute Gasteiger partial charge is 0.242 e. The van der Waals surface area contributed by atoms with Crippen molar-refractivity contribution in [3.63, 3.8) is 0 Å². The molecule has 2 aromatic heterocycles. The van der Waals surface area contributed by atoms with E-state index in [1.165, 1.54) is 11.3 Å². The third kappa shape index (κ3) is 2.80. The lowest BCUT2D eigenvalue weighted by Gasteiger charge is -2.04. The van der Waals surface area contributed by atoms with Gasteiger partial charge < -0.3 is 10.3 Å². The molecule has 1 aliphatic rings. The number of nitrogens with zero attached hydrogens (tertiary/aromatic N) is 1. The van der Waals surface area contributed by atoms with E-state index in [2.05, 4.69) is 4.72 Å². The van der Waals surface area contributed by atoms with Gasteiger partial charge in [-0.2, -0.15) is 0 Å². The van der Waals surface area contributed by atoms with E-state index in [4.69, 9.17) is 5.73 Å². The molecule has 0 amide bonds. The molecule has 0 radical (unpaired) electrons. The number of hydrogen-bond acceptors (Lipinski definition) is 4. The topological polar surface area (TPSA) is 77.1 Å². The average molecular weight is 311 g/mol. The van der Waals surface area contributed by atoms with Crippen LogP contribution in [0, 0.1) is 0 Å². The van der Waals surface area contributed by atoms with Crippen LogP contribution in [0.4, 0.5) is 0 Å². The molecule has 2 aromatic rings. The van der Waals surface area contributed by atoms with Crippen LogP contribution in [0.15, 0.2) is 34.7 Å². The van der Waals surface area contributed by atoms with Crippen molar-refractivity contribution in [1.29, 1.82) is 0 Å². The Morgan fingerprint density at radius 1 is 1.45 bits per heavy atom. The summed E-state index contributed by atoms with van der Waals surface area (Å²) >= 11 is 1.53. The second-order valence-electron chi connectivity index (χ2n) is 4.91. The summed E-state index contributed by atoms with van der Waals surface area (Å²) < 4.78 is 29.2. The molecule has 0 saturated heterocycles. The van der Waals surface area contributed by atoms with Gasteiger partial charge in [0.2, 0.25) is 10.0 Å². The molecule has 3 N–H and O–H groups in total. The van der Waals surface area contributed by atoms with Crippen LogP contribution in [-0.2, 0) is 23.1 Å². The molecule has 0 aliphatic heterocycles. The third-order valence-electron chi connectivity index (χ3n) is 3.38. The Morgan fingerprint density at radius 3 is 2.85 bits per heavy atom. The largest absolute Gasteiger partial charge is 0.346 e. The lowest BCUT2D eigenvalue weighted by atomic mass is 10.4. The van der Waals surface area contributed by atoms with E-state index < -0.39 is 10.0 Å². The van der Waals surface area contributed by atoms with E-state index >= 15 is 0 Å². The standard InChI is InChI=1S/C13H17N3O2S2/c14-7-11-6-13(9-16(11)10-3-4-10)20(17,18)15-8-12-2-1-5-19-12/h1-2,5-6,9-10,15H,3-4,7-8,14H2.